The highest BCUT2D eigenvalue weighted by Crippen LogP contribution is 2.26. The number of rotatable bonds is 6. The molecule has 2 N–H and O–H groups in total. The fourth-order valence-corrected chi connectivity index (χ4v) is 3.92. The van der Waals surface area contributed by atoms with E-state index in [1.807, 2.05) is 24.0 Å². The van der Waals surface area contributed by atoms with Gasteiger partial charge >= 0.3 is 0 Å². The molecule has 0 unspecified atom stereocenters. The summed E-state index contributed by atoms with van der Waals surface area (Å²) in [6.45, 7) is 2.75. The van der Waals surface area contributed by atoms with Crippen LogP contribution in [0.15, 0.2) is 65.9 Å². The van der Waals surface area contributed by atoms with E-state index in [9.17, 15) is 0 Å². The van der Waals surface area contributed by atoms with Gasteiger partial charge < -0.3 is 15.5 Å². The Balaban J connectivity index is 0.00000272. The quantitative estimate of drug-likeness (QED) is 0.290. The molecule has 0 saturated carbocycles. The SMILES string of the molecule is CN=C(NCCc1ccc(-n2cccn2)cc1)NCc1ccc2c(c1)CCCN2C.I. The maximum Gasteiger partial charge on any atom is 0.191 e. The summed E-state index contributed by atoms with van der Waals surface area (Å²) in [5.74, 6) is 0.831. The monoisotopic (exact) mass is 530 g/mol. The van der Waals surface area contributed by atoms with E-state index in [2.05, 4.69) is 75.1 Å². The van der Waals surface area contributed by atoms with Gasteiger partial charge in [-0.3, -0.25) is 4.99 Å². The fourth-order valence-electron chi connectivity index (χ4n) is 3.92. The number of hydrogen-bond donors (Lipinski definition) is 2. The first-order valence-electron chi connectivity index (χ1n) is 10.6. The van der Waals surface area contributed by atoms with Gasteiger partial charge in [0.1, 0.15) is 0 Å². The van der Waals surface area contributed by atoms with Crippen molar-refractivity contribution in [2.24, 2.45) is 4.99 Å². The second-order valence-electron chi connectivity index (χ2n) is 7.71. The minimum Gasteiger partial charge on any atom is -0.374 e. The fraction of sp³-hybridized carbons (Fsp3) is 0.333. The molecule has 1 aromatic heterocycles. The molecule has 6 nitrogen and oxygen atoms in total. The largest absolute Gasteiger partial charge is 0.374 e. The minimum absolute atomic E-state index is 0. The normalized spacial score (nSPS) is 13.4. The summed E-state index contributed by atoms with van der Waals surface area (Å²) in [6.07, 6.45) is 7.07. The van der Waals surface area contributed by atoms with Gasteiger partial charge in [0.25, 0.3) is 0 Å². The molecular weight excluding hydrogens is 499 g/mol. The van der Waals surface area contributed by atoms with Gasteiger partial charge in [-0.25, -0.2) is 4.68 Å². The number of aliphatic imine (C=N–C) groups is 1. The lowest BCUT2D eigenvalue weighted by Crippen LogP contribution is -2.37. The molecule has 164 valence electrons. The van der Waals surface area contributed by atoms with Crippen molar-refractivity contribution in [3.8, 4) is 5.69 Å². The van der Waals surface area contributed by atoms with Crippen molar-refractivity contribution in [1.29, 1.82) is 0 Å². The van der Waals surface area contributed by atoms with Crippen LogP contribution in [0.25, 0.3) is 5.69 Å². The smallest absolute Gasteiger partial charge is 0.191 e. The molecule has 0 fully saturated rings. The second-order valence-corrected chi connectivity index (χ2v) is 7.71. The van der Waals surface area contributed by atoms with Gasteiger partial charge in [-0.15, -0.1) is 24.0 Å². The van der Waals surface area contributed by atoms with Gasteiger partial charge in [0.2, 0.25) is 0 Å². The molecule has 0 bridgehead atoms. The molecule has 2 aromatic carbocycles. The lowest BCUT2D eigenvalue weighted by molar-refractivity contribution is 0.740. The number of nitrogens with zero attached hydrogens (tertiary/aromatic N) is 4. The lowest BCUT2D eigenvalue weighted by atomic mass is 9.99. The van der Waals surface area contributed by atoms with E-state index in [0.717, 1.165) is 37.7 Å². The molecule has 4 rings (SSSR count). The summed E-state index contributed by atoms with van der Waals surface area (Å²) in [7, 11) is 3.99. The molecule has 0 aliphatic carbocycles. The van der Waals surface area contributed by atoms with Crippen molar-refractivity contribution in [2.45, 2.75) is 25.8 Å². The van der Waals surface area contributed by atoms with E-state index >= 15 is 0 Å². The number of aromatic nitrogens is 2. The van der Waals surface area contributed by atoms with Crippen molar-refractivity contribution in [3.05, 3.63) is 77.6 Å². The highest BCUT2D eigenvalue weighted by atomic mass is 127. The summed E-state index contributed by atoms with van der Waals surface area (Å²) in [5.41, 5.74) is 6.47. The summed E-state index contributed by atoms with van der Waals surface area (Å²) >= 11 is 0. The maximum absolute atomic E-state index is 4.36. The van der Waals surface area contributed by atoms with Gasteiger partial charge in [-0.1, -0.05) is 24.3 Å². The van der Waals surface area contributed by atoms with Crippen molar-refractivity contribution in [3.63, 3.8) is 0 Å². The molecule has 0 atom stereocenters. The highest BCUT2D eigenvalue weighted by molar-refractivity contribution is 14.0. The Hall–Kier alpha value is -2.55. The Kier molecular flexibility index (Phi) is 8.34. The molecular formula is C24H31IN6. The molecule has 2 heterocycles. The average Bonchev–Trinajstić information content (AvgIpc) is 3.31. The van der Waals surface area contributed by atoms with Gasteiger partial charge in [0.05, 0.1) is 5.69 Å². The van der Waals surface area contributed by atoms with Crippen LogP contribution >= 0.6 is 24.0 Å². The van der Waals surface area contributed by atoms with E-state index in [0.29, 0.717) is 0 Å². The number of guanidine groups is 1. The molecule has 3 aromatic rings. The summed E-state index contributed by atoms with van der Waals surface area (Å²) in [6, 6.07) is 17.2. The highest BCUT2D eigenvalue weighted by Gasteiger charge is 2.13. The molecule has 31 heavy (non-hydrogen) atoms. The van der Waals surface area contributed by atoms with Crippen LogP contribution in [0, 0.1) is 0 Å². The molecule has 0 amide bonds. The predicted octanol–water partition coefficient (Wildman–Crippen LogP) is 3.78. The molecule has 0 spiro atoms. The zero-order valence-corrected chi connectivity index (χ0v) is 20.5. The first-order valence-corrected chi connectivity index (χ1v) is 10.6. The minimum atomic E-state index is 0. The van der Waals surface area contributed by atoms with Crippen molar-refractivity contribution < 1.29 is 0 Å². The third kappa shape index (κ3) is 6.00. The Labute approximate surface area is 201 Å². The number of hydrogen-bond acceptors (Lipinski definition) is 3. The van der Waals surface area contributed by atoms with Crippen LogP contribution in [0.4, 0.5) is 5.69 Å². The average molecular weight is 530 g/mol. The zero-order valence-electron chi connectivity index (χ0n) is 18.2. The third-order valence-corrected chi connectivity index (χ3v) is 5.59. The van der Waals surface area contributed by atoms with Gasteiger partial charge in [-0.05, 0) is 60.2 Å². The number of fused-ring (bicyclic) bond motifs is 1. The maximum atomic E-state index is 4.36. The van der Waals surface area contributed by atoms with Crippen molar-refractivity contribution >= 4 is 35.6 Å². The Morgan fingerprint density at radius 1 is 1.10 bits per heavy atom. The van der Waals surface area contributed by atoms with E-state index in [1.54, 1.807) is 6.20 Å². The number of nitrogens with one attached hydrogen (secondary N) is 2. The van der Waals surface area contributed by atoms with Gasteiger partial charge in [-0.2, -0.15) is 5.10 Å². The van der Waals surface area contributed by atoms with Crippen LogP contribution in [0.3, 0.4) is 0 Å². The number of aryl methyl sites for hydroxylation is 1. The number of benzene rings is 2. The van der Waals surface area contributed by atoms with E-state index in [4.69, 9.17) is 0 Å². The molecule has 1 aliphatic rings. The molecule has 0 saturated heterocycles. The van der Waals surface area contributed by atoms with Crippen LogP contribution < -0.4 is 15.5 Å². The molecule has 7 heteroatoms. The Bertz CT molecular complexity index is 982. The molecule has 0 radical (unpaired) electrons. The lowest BCUT2D eigenvalue weighted by Gasteiger charge is -2.28. The van der Waals surface area contributed by atoms with Crippen LogP contribution in [-0.4, -0.2) is 42.9 Å². The van der Waals surface area contributed by atoms with E-state index in [1.165, 1.54) is 35.2 Å². The third-order valence-electron chi connectivity index (χ3n) is 5.59. The molecule has 1 aliphatic heterocycles. The van der Waals surface area contributed by atoms with E-state index in [-0.39, 0.29) is 24.0 Å². The summed E-state index contributed by atoms with van der Waals surface area (Å²) in [4.78, 5) is 6.70. The number of anilines is 1. The zero-order chi connectivity index (χ0) is 20.8. The first kappa shape index (κ1) is 23.1. The van der Waals surface area contributed by atoms with E-state index < -0.39 is 0 Å². The second kappa shape index (κ2) is 11.2. The van der Waals surface area contributed by atoms with Crippen molar-refractivity contribution in [1.82, 2.24) is 20.4 Å². The van der Waals surface area contributed by atoms with Gasteiger partial charge in [0, 0.05) is 51.8 Å². The van der Waals surface area contributed by atoms with Crippen LogP contribution in [0.5, 0.6) is 0 Å². The van der Waals surface area contributed by atoms with Crippen molar-refractivity contribution in [2.75, 3.05) is 32.1 Å². The van der Waals surface area contributed by atoms with Crippen LogP contribution in [0.1, 0.15) is 23.1 Å². The Morgan fingerprint density at radius 3 is 2.65 bits per heavy atom. The summed E-state index contributed by atoms with van der Waals surface area (Å²) < 4.78 is 1.87. The van der Waals surface area contributed by atoms with Crippen LogP contribution in [-0.2, 0) is 19.4 Å². The number of halogens is 1. The Morgan fingerprint density at radius 2 is 1.90 bits per heavy atom. The van der Waals surface area contributed by atoms with Crippen LogP contribution in [0.2, 0.25) is 0 Å². The predicted molar refractivity (Wildman–Crippen MR) is 139 cm³/mol. The first-order chi connectivity index (χ1) is 14.7. The van der Waals surface area contributed by atoms with Gasteiger partial charge in [0.15, 0.2) is 5.96 Å². The standard InChI is InChI=1S/C24H30N6.HI/c1-25-24(27-18-20-8-11-23-21(17-20)5-3-15-29(23)2)26-14-12-19-6-9-22(10-7-19)30-16-4-13-28-30;/h4,6-11,13,16-17H,3,5,12,14-15,18H2,1-2H3,(H2,25,26,27);1H. The summed E-state index contributed by atoms with van der Waals surface area (Å²) in [5, 5.41) is 11.1. The topological polar surface area (TPSA) is 57.5 Å².